The van der Waals surface area contributed by atoms with Gasteiger partial charge in [-0.3, -0.25) is 28.0 Å². The number of nitrogens with one attached hydrogen (secondary N) is 1. The Balaban J connectivity index is 1.22. The molecule has 7 atom stereocenters. The molecule has 0 saturated carbocycles. The van der Waals surface area contributed by atoms with Crippen molar-refractivity contribution >= 4 is 53.1 Å². The molecule has 0 radical (unpaired) electrons. The van der Waals surface area contributed by atoms with E-state index in [0.717, 1.165) is 10.9 Å². The van der Waals surface area contributed by atoms with Gasteiger partial charge in [0.15, 0.2) is 28.9 Å². The summed E-state index contributed by atoms with van der Waals surface area (Å²) >= 11 is 4.04. The first-order valence-corrected chi connectivity index (χ1v) is 15.1. The van der Waals surface area contributed by atoms with Crippen molar-refractivity contribution < 1.29 is 27.8 Å². The summed E-state index contributed by atoms with van der Waals surface area (Å²) < 4.78 is 48.9. The second-order valence-electron chi connectivity index (χ2n) is 9.68. The Morgan fingerprint density at radius 2 is 1.98 bits per heavy atom. The molecular formula is C21H26FN10O6PS. The van der Waals surface area contributed by atoms with Gasteiger partial charge in [-0.05, 0) is 25.2 Å². The van der Waals surface area contributed by atoms with Gasteiger partial charge in [-0.1, -0.05) is 18.7 Å². The molecule has 2 aliphatic rings. The Kier molecular flexibility index (Phi) is 7.00. The summed E-state index contributed by atoms with van der Waals surface area (Å²) in [6.07, 6.45) is -0.775. The lowest BCUT2D eigenvalue weighted by molar-refractivity contribution is -0.0599. The molecule has 2 fully saturated rings. The van der Waals surface area contributed by atoms with E-state index in [1.165, 1.54) is 6.33 Å². The van der Waals surface area contributed by atoms with Crippen molar-refractivity contribution in [3.63, 3.8) is 0 Å². The third-order valence-electron chi connectivity index (χ3n) is 7.16. The fraction of sp³-hybridized carbons (Fsp3) is 0.524. The summed E-state index contributed by atoms with van der Waals surface area (Å²) in [5.74, 6) is -0.0617. The van der Waals surface area contributed by atoms with Crippen molar-refractivity contribution in [3.05, 3.63) is 29.3 Å². The van der Waals surface area contributed by atoms with E-state index in [4.69, 9.17) is 25.3 Å². The molecule has 0 bridgehead atoms. The van der Waals surface area contributed by atoms with Crippen LogP contribution in [-0.4, -0.2) is 69.1 Å². The number of hydrogen-bond acceptors (Lipinski definition) is 13. The van der Waals surface area contributed by atoms with Crippen molar-refractivity contribution in [3.8, 4) is 0 Å². The topological polar surface area (TPSA) is 224 Å². The maximum Gasteiger partial charge on any atom is 0.386 e. The van der Waals surface area contributed by atoms with Gasteiger partial charge in [0.05, 0.1) is 25.4 Å². The number of fused-ring (bicyclic) bond motifs is 3. The van der Waals surface area contributed by atoms with E-state index < -0.39 is 43.2 Å². The van der Waals surface area contributed by atoms with E-state index in [-0.39, 0.29) is 41.9 Å². The number of imidazole rings is 2. The van der Waals surface area contributed by atoms with Gasteiger partial charge >= 0.3 is 6.80 Å². The summed E-state index contributed by atoms with van der Waals surface area (Å²) in [5.41, 5.74) is 11.6. The summed E-state index contributed by atoms with van der Waals surface area (Å²) in [6, 6.07) is 0. The highest BCUT2D eigenvalue weighted by atomic mass is 32.7. The second kappa shape index (κ2) is 10.4. The number of rotatable bonds is 3. The molecule has 2 saturated heterocycles. The molecule has 6 heterocycles. The number of aromatic amines is 1. The summed E-state index contributed by atoms with van der Waals surface area (Å²) in [6.45, 7) is -4.38. The van der Waals surface area contributed by atoms with Gasteiger partial charge in [0, 0.05) is 0 Å². The summed E-state index contributed by atoms with van der Waals surface area (Å²) in [5, 5.41) is 11.1. The summed E-state index contributed by atoms with van der Waals surface area (Å²) in [7, 11) is 0. The molecule has 19 heteroatoms. The first-order chi connectivity index (χ1) is 19.1. The molecular weight excluding hydrogens is 570 g/mol. The summed E-state index contributed by atoms with van der Waals surface area (Å²) in [4.78, 5) is 34.8. The van der Waals surface area contributed by atoms with Crippen LogP contribution in [0.1, 0.15) is 38.1 Å². The molecule has 0 aromatic carbocycles. The van der Waals surface area contributed by atoms with Crippen molar-refractivity contribution in [2.24, 2.45) is 5.92 Å². The van der Waals surface area contributed by atoms with Crippen LogP contribution in [0.5, 0.6) is 0 Å². The maximum atomic E-state index is 15.6. The monoisotopic (exact) mass is 596 g/mol. The number of nitrogens with two attached hydrogens (primary N) is 2. The van der Waals surface area contributed by atoms with Crippen LogP contribution >= 0.6 is 19.0 Å². The smallest absolute Gasteiger partial charge is 0.382 e. The molecule has 40 heavy (non-hydrogen) atoms. The van der Waals surface area contributed by atoms with Gasteiger partial charge in [0.25, 0.3) is 5.56 Å². The largest absolute Gasteiger partial charge is 0.386 e. The predicted molar refractivity (Wildman–Crippen MR) is 142 cm³/mol. The number of H-pyrrole nitrogens is 1. The zero-order chi connectivity index (χ0) is 28.2. The SMILES string of the molecule is Nc1nc2c(ncn2[C@H](O)[C@@H]2OP(=O)(S)OC[C@H]3O[C@@H](n4cnc5c(N)ncnc54)C[C@@H]3CCCC2F)c(=O)[nH]1. The number of anilines is 2. The number of halogens is 1. The average Bonchev–Trinajstić information content (AvgIpc) is 3.62. The zero-order valence-corrected chi connectivity index (χ0v) is 22.6. The van der Waals surface area contributed by atoms with Crippen LogP contribution in [0.25, 0.3) is 22.3 Å². The number of nitrogen functional groups attached to an aromatic ring is 2. The van der Waals surface area contributed by atoms with Crippen LogP contribution in [-0.2, 0) is 18.3 Å². The van der Waals surface area contributed by atoms with Crippen molar-refractivity contribution in [2.45, 2.75) is 56.5 Å². The van der Waals surface area contributed by atoms with E-state index in [2.05, 4.69) is 42.2 Å². The van der Waals surface area contributed by atoms with Crippen molar-refractivity contribution in [1.29, 1.82) is 0 Å². The van der Waals surface area contributed by atoms with Crippen LogP contribution in [0, 0.1) is 5.92 Å². The minimum absolute atomic E-state index is 0.0378. The number of alkyl halides is 1. The van der Waals surface area contributed by atoms with E-state index >= 15 is 4.39 Å². The van der Waals surface area contributed by atoms with Gasteiger partial charge < -0.3 is 21.3 Å². The normalized spacial score (nSPS) is 30.7. The predicted octanol–water partition coefficient (Wildman–Crippen LogP) is 1.48. The number of hydrogen-bond donors (Lipinski definition) is 5. The van der Waals surface area contributed by atoms with Crippen LogP contribution < -0.4 is 17.0 Å². The van der Waals surface area contributed by atoms with Gasteiger partial charge in [-0.15, -0.1) is 0 Å². The quantitative estimate of drug-likeness (QED) is 0.167. The van der Waals surface area contributed by atoms with Crippen LogP contribution in [0.4, 0.5) is 16.2 Å². The molecule has 0 amide bonds. The van der Waals surface area contributed by atoms with Crippen molar-refractivity contribution in [1.82, 2.24) is 39.0 Å². The molecule has 16 nitrogen and oxygen atoms in total. The lowest BCUT2D eigenvalue weighted by Gasteiger charge is -2.28. The Morgan fingerprint density at radius 1 is 1.18 bits per heavy atom. The Morgan fingerprint density at radius 3 is 2.80 bits per heavy atom. The molecule has 6 N–H and O–H groups in total. The maximum absolute atomic E-state index is 15.6. The Hall–Kier alpha value is -3.15. The zero-order valence-electron chi connectivity index (χ0n) is 20.8. The molecule has 214 valence electrons. The molecule has 4 aromatic heterocycles. The highest BCUT2D eigenvalue weighted by molar-refractivity contribution is 8.44. The second-order valence-corrected chi connectivity index (χ2v) is 12.6. The number of aliphatic hydroxyl groups is 1. The minimum Gasteiger partial charge on any atom is -0.382 e. The molecule has 4 aromatic rings. The van der Waals surface area contributed by atoms with Crippen molar-refractivity contribution in [2.75, 3.05) is 18.1 Å². The first-order valence-electron chi connectivity index (χ1n) is 12.4. The highest BCUT2D eigenvalue weighted by Crippen LogP contribution is 2.56. The fourth-order valence-corrected chi connectivity index (χ4v) is 6.68. The third-order valence-corrected chi connectivity index (χ3v) is 8.77. The standard InChI is InChI=1S/C21H26FN10O6PS/c22-10-3-1-2-9-4-12(31-7-27-13-16(23)25-6-26-17(13)31)37-11(9)5-36-39(35,40)38-15(10)20(34)32-8-28-14-18(32)29-21(24)30-19(14)33/h6-12,15,20,34H,1-5H2,(H,35,40)(H2,23,25,26)(H3,24,29,30,33)/t9-,10?,11+,12+,15+,20+,39?/m0/s1. The molecule has 0 spiro atoms. The molecule has 2 aliphatic heterocycles. The van der Waals surface area contributed by atoms with Crippen LogP contribution in [0.15, 0.2) is 23.8 Å². The van der Waals surface area contributed by atoms with Gasteiger partial charge in [-0.25, -0.2) is 28.9 Å². The Bertz CT molecular complexity index is 1670. The third kappa shape index (κ3) is 4.95. The molecule has 2 unspecified atom stereocenters. The number of aromatic nitrogens is 8. The minimum atomic E-state index is -4.22. The molecule has 6 rings (SSSR count). The van der Waals surface area contributed by atoms with E-state index in [1.54, 1.807) is 10.9 Å². The number of ether oxygens (including phenoxy) is 1. The van der Waals surface area contributed by atoms with Gasteiger partial charge in [-0.2, -0.15) is 4.98 Å². The van der Waals surface area contributed by atoms with Crippen LogP contribution in [0.3, 0.4) is 0 Å². The highest BCUT2D eigenvalue weighted by Gasteiger charge is 2.42. The fourth-order valence-electron chi connectivity index (χ4n) is 5.21. The van der Waals surface area contributed by atoms with Crippen LogP contribution in [0.2, 0.25) is 0 Å². The Labute approximate surface area is 230 Å². The number of nitrogens with zero attached hydrogens (tertiary/aromatic N) is 7. The number of aliphatic hydroxyl groups excluding tert-OH is 1. The van der Waals surface area contributed by atoms with Gasteiger partial charge in [0.2, 0.25) is 5.95 Å². The first kappa shape index (κ1) is 27.0. The van der Waals surface area contributed by atoms with E-state index in [9.17, 15) is 14.5 Å². The van der Waals surface area contributed by atoms with Gasteiger partial charge in [0.1, 0.15) is 30.3 Å². The van der Waals surface area contributed by atoms with E-state index in [0.29, 0.717) is 30.4 Å². The van der Waals surface area contributed by atoms with E-state index in [1.807, 2.05) is 0 Å². The average molecular weight is 597 g/mol. The lowest BCUT2D eigenvalue weighted by atomic mass is 9.93. The number of thiol groups is 1. The lowest BCUT2D eigenvalue weighted by Crippen LogP contribution is -2.34. The molecule has 0 aliphatic carbocycles.